The summed E-state index contributed by atoms with van der Waals surface area (Å²) in [6, 6.07) is 2.75. The number of aromatic nitrogens is 2. The number of aryl methyl sites for hydroxylation is 1. The lowest BCUT2D eigenvalue weighted by atomic mass is 10.2. The third-order valence-electron chi connectivity index (χ3n) is 3.89. The summed E-state index contributed by atoms with van der Waals surface area (Å²) in [7, 11) is 1.92. The molecular formula is C15H26N4. The van der Waals surface area contributed by atoms with Gasteiger partial charge in [0.2, 0.25) is 0 Å². The summed E-state index contributed by atoms with van der Waals surface area (Å²) in [6.07, 6.45) is 7.35. The second kappa shape index (κ2) is 6.73. The molecule has 0 saturated heterocycles. The van der Waals surface area contributed by atoms with Gasteiger partial charge in [-0.3, -0.25) is 0 Å². The van der Waals surface area contributed by atoms with E-state index in [9.17, 15) is 0 Å². The first-order valence-corrected chi connectivity index (χ1v) is 7.60. The topological polar surface area (TPSA) is 41.1 Å². The maximum Gasteiger partial charge on any atom is 0.134 e. The zero-order chi connectivity index (χ0) is 13.7. The largest absolute Gasteiger partial charge is 0.373 e. The van der Waals surface area contributed by atoms with Gasteiger partial charge in [0, 0.05) is 32.1 Å². The van der Waals surface area contributed by atoms with Gasteiger partial charge in [0.15, 0.2) is 0 Å². The summed E-state index contributed by atoms with van der Waals surface area (Å²) < 4.78 is 0. The predicted octanol–water partition coefficient (Wildman–Crippen LogP) is 3.24. The van der Waals surface area contributed by atoms with E-state index in [4.69, 9.17) is 4.98 Å². The van der Waals surface area contributed by atoms with Crippen molar-refractivity contribution in [3.63, 3.8) is 0 Å². The molecule has 0 radical (unpaired) electrons. The molecule has 0 aliphatic heterocycles. The second-order valence-corrected chi connectivity index (χ2v) is 5.25. The normalized spacial score (nSPS) is 15.7. The Balaban J connectivity index is 2.26. The van der Waals surface area contributed by atoms with E-state index >= 15 is 0 Å². The Kier molecular flexibility index (Phi) is 5.00. The van der Waals surface area contributed by atoms with Crippen LogP contribution in [0.15, 0.2) is 6.07 Å². The van der Waals surface area contributed by atoms with E-state index in [1.807, 2.05) is 7.05 Å². The molecule has 2 rings (SSSR count). The van der Waals surface area contributed by atoms with Gasteiger partial charge in [0.1, 0.15) is 17.5 Å². The van der Waals surface area contributed by atoms with Crippen molar-refractivity contribution in [3.8, 4) is 0 Å². The van der Waals surface area contributed by atoms with E-state index in [1.165, 1.54) is 25.7 Å². The SMILES string of the molecule is CCCc1nc(NC)cc(N(CC)C2CCCC2)n1. The van der Waals surface area contributed by atoms with E-state index in [2.05, 4.69) is 35.1 Å². The van der Waals surface area contributed by atoms with Gasteiger partial charge in [-0.2, -0.15) is 0 Å². The first-order valence-electron chi connectivity index (χ1n) is 7.60. The molecular weight excluding hydrogens is 236 g/mol. The average molecular weight is 262 g/mol. The fourth-order valence-electron chi connectivity index (χ4n) is 2.92. The number of hydrogen-bond donors (Lipinski definition) is 1. The molecule has 0 bridgehead atoms. The molecule has 106 valence electrons. The molecule has 0 amide bonds. The third kappa shape index (κ3) is 3.37. The minimum Gasteiger partial charge on any atom is -0.373 e. The molecule has 4 heteroatoms. The highest BCUT2D eigenvalue weighted by Gasteiger charge is 2.23. The van der Waals surface area contributed by atoms with Crippen LogP contribution < -0.4 is 10.2 Å². The summed E-state index contributed by atoms with van der Waals surface area (Å²) in [5.74, 6) is 2.99. The molecule has 0 unspecified atom stereocenters. The quantitative estimate of drug-likeness (QED) is 0.854. The molecule has 0 aromatic carbocycles. The maximum absolute atomic E-state index is 4.76. The van der Waals surface area contributed by atoms with Crippen LogP contribution in [-0.2, 0) is 6.42 Å². The van der Waals surface area contributed by atoms with Gasteiger partial charge in [0.25, 0.3) is 0 Å². The highest BCUT2D eigenvalue weighted by molar-refractivity contribution is 5.50. The van der Waals surface area contributed by atoms with Crippen LogP contribution in [-0.4, -0.2) is 29.6 Å². The number of nitrogens with one attached hydrogen (secondary N) is 1. The lowest BCUT2D eigenvalue weighted by Gasteiger charge is -2.29. The highest BCUT2D eigenvalue weighted by atomic mass is 15.2. The number of anilines is 2. The molecule has 1 aliphatic rings. The van der Waals surface area contributed by atoms with Crippen LogP contribution in [0.25, 0.3) is 0 Å². The monoisotopic (exact) mass is 262 g/mol. The molecule has 1 heterocycles. The van der Waals surface area contributed by atoms with Gasteiger partial charge >= 0.3 is 0 Å². The summed E-state index contributed by atoms with van der Waals surface area (Å²) in [6.45, 7) is 5.42. The van der Waals surface area contributed by atoms with Crippen LogP contribution in [0.2, 0.25) is 0 Å². The van der Waals surface area contributed by atoms with Gasteiger partial charge in [-0.05, 0) is 26.2 Å². The minimum absolute atomic E-state index is 0.666. The number of rotatable bonds is 6. The van der Waals surface area contributed by atoms with Crippen LogP contribution in [0.5, 0.6) is 0 Å². The minimum atomic E-state index is 0.666. The molecule has 4 nitrogen and oxygen atoms in total. The van der Waals surface area contributed by atoms with Crippen LogP contribution in [0.4, 0.5) is 11.6 Å². The molecule has 1 fully saturated rings. The Labute approximate surface area is 116 Å². The van der Waals surface area contributed by atoms with Crippen molar-refractivity contribution in [1.82, 2.24) is 9.97 Å². The van der Waals surface area contributed by atoms with Crippen molar-refractivity contribution >= 4 is 11.6 Å². The Morgan fingerprint density at radius 2 is 2.00 bits per heavy atom. The summed E-state index contributed by atoms with van der Waals surface area (Å²) in [5, 5.41) is 3.16. The Bertz CT molecular complexity index is 399. The molecule has 0 spiro atoms. The first kappa shape index (κ1) is 14.1. The smallest absolute Gasteiger partial charge is 0.134 e. The standard InChI is InChI=1S/C15H26N4/c1-4-8-13-17-14(16-3)11-15(18-13)19(5-2)12-9-6-7-10-12/h11-12H,4-10H2,1-3H3,(H,16,17,18). The van der Waals surface area contributed by atoms with E-state index in [0.29, 0.717) is 6.04 Å². The summed E-state index contributed by atoms with van der Waals surface area (Å²) in [5.41, 5.74) is 0. The second-order valence-electron chi connectivity index (χ2n) is 5.25. The van der Waals surface area contributed by atoms with Gasteiger partial charge < -0.3 is 10.2 Å². The fourth-order valence-corrected chi connectivity index (χ4v) is 2.92. The van der Waals surface area contributed by atoms with Gasteiger partial charge in [0.05, 0.1) is 0 Å². The number of hydrogen-bond acceptors (Lipinski definition) is 4. The molecule has 19 heavy (non-hydrogen) atoms. The molecule has 1 N–H and O–H groups in total. The predicted molar refractivity (Wildman–Crippen MR) is 80.8 cm³/mol. The molecule has 1 aromatic rings. The van der Waals surface area contributed by atoms with Gasteiger partial charge in [-0.15, -0.1) is 0 Å². The van der Waals surface area contributed by atoms with Crippen molar-refractivity contribution in [3.05, 3.63) is 11.9 Å². The van der Waals surface area contributed by atoms with E-state index in [-0.39, 0.29) is 0 Å². The van der Waals surface area contributed by atoms with Crippen molar-refractivity contribution in [1.29, 1.82) is 0 Å². The molecule has 1 aromatic heterocycles. The molecule has 1 saturated carbocycles. The summed E-state index contributed by atoms with van der Waals surface area (Å²) in [4.78, 5) is 11.8. The van der Waals surface area contributed by atoms with E-state index in [1.54, 1.807) is 0 Å². The van der Waals surface area contributed by atoms with Crippen LogP contribution in [0.1, 0.15) is 51.8 Å². The molecule has 0 atom stereocenters. The summed E-state index contributed by atoms with van der Waals surface area (Å²) >= 11 is 0. The van der Waals surface area contributed by atoms with E-state index in [0.717, 1.165) is 36.8 Å². The van der Waals surface area contributed by atoms with Crippen molar-refractivity contribution in [2.75, 3.05) is 23.8 Å². The van der Waals surface area contributed by atoms with Gasteiger partial charge in [-0.1, -0.05) is 19.8 Å². The maximum atomic E-state index is 4.76. The Hall–Kier alpha value is -1.32. The van der Waals surface area contributed by atoms with Crippen molar-refractivity contribution in [2.45, 2.75) is 58.4 Å². The average Bonchev–Trinajstić information content (AvgIpc) is 2.93. The number of nitrogens with zero attached hydrogens (tertiary/aromatic N) is 3. The van der Waals surface area contributed by atoms with E-state index < -0.39 is 0 Å². The van der Waals surface area contributed by atoms with Crippen molar-refractivity contribution < 1.29 is 0 Å². The van der Waals surface area contributed by atoms with Crippen LogP contribution in [0, 0.1) is 0 Å². The Morgan fingerprint density at radius 3 is 2.58 bits per heavy atom. The highest BCUT2D eigenvalue weighted by Crippen LogP contribution is 2.28. The molecule has 1 aliphatic carbocycles. The Morgan fingerprint density at radius 1 is 1.26 bits per heavy atom. The zero-order valence-electron chi connectivity index (χ0n) is 12.4. The van der Waals surface area contributed by atoms with Crippen LogP contribution >= 0.6 is 0 Å². The van der Waals surface area contributed by atoms with Crippen LogP contribution in [0.3, 0.4) is 0 Å². The fraction of sp³-hybridized carbons (Fsp3) is 0.733. The lowest BCUT2D eigenvalue weighted by molar-refractivity contribution is 0.610. The third-order valence-corrected chi connectivity index (χ3v) is 3.89. The lowest BCUT2D eigenvalue weighted by Crippen LogP contribution is -2.34. The van der Waals surface area contributed by atoms with Gasteiger partial charge in [-0.25, -0.2) is 9.97 Å². The zero-order valence-corrected chi connectivity index (χ0v) is 12.4. The van der Waals surface area contributed by atoms with Crippen molar-refractivity contribution in [2.24, 2.45) is 0 Å². The first-order chi connectivity index (χ1) is 9.28.